The molecule has 0 unspecified atom stereocenters. The van der Waals surface area contributed by atoms with E-state index in [2.05, 4.69) is 0 Å². The van der Waals surface area contributed by atoms with Gasteiger partial charge in [0.05, 0.1) is 0 Å². The summed E-state index contributed by atoms with van der Waals surface area (Å²) >= 11 is 0. The van der Waals surface area contributed by atoms with E-state index in [0.29, 0.717) is 22.3 Å². The zero-order valence-electron chi connectivity index (χ0n) is 22.7. The lowest BCUT2D eigenvalue weighted by Crippen LogP contribution is -1.92. The van der Waals surface area contributed by atoms with Crippen molar-refractivity contribution in [2.24, 2.45) is 0 Å². The smallest absolute Gasteiger partial charge is 0.144 e. The zero-order chi connectivity index (χ0) is 29.2. The molecule has 0 radical (unpaired) electrons. The average Bonchev–Trinajstić information content (AvgIpc) is 2.96. The van der Waals surface area contributed by atoms with Crippen molar-refractivity contribution in [2.75, 3.05) is 0 Å². The highest BCUT2D eigenvalue weighted by Crippen LogP contribution is 2.26. The van der Waals surface area contributed by atoms with E-state index >= 15 is 0 Å². The fourth-order valence-corrected chi connectivity index (χ4v) is 4.96. The van der Waals surface area contributed by atoms with Gasteiger partial charge in [-0.05, 0) is 83.3 Å². The van der Waals surface area contributed by atoms with E-state index in [4.69, 9.17) is 10.5 Å². The Morgan fingerprint density at radius 3 is 1.00 bits per heavy atom. The number of nitriles is 2. The van der Waals surface area contributed by atoms with Crippen LogP contribution in [0.1, 0.15) is 67.2 Å². The van der Waals surface area contributed by atoms with E-state index in [0.717, 1.165) is 38.5 Å². The Morgan fingerprint density at radius 1 is 0.415 bits per heavy atom. The highest BCUT2D eigenvalue weighted by atomic mass is 19.1. The van der Waals surface area contributed by atoms with Crippen molar-refractivity contribution in [3.05, 3.63) is 118 Å². The molecule has 0 aliphatic rings. The summed E-state index contributed by atoms with van der Waals surface area (Å²) in [7, 11) is 0. The molecule has 2 nitrogen and oxygen atoms in total. The molecular formula is C35H30F4N2. The van der Waals surface area contributed by atoms with Crippen LogP contribution in [0.15, 0.2) is 72.8 Å². The van der Waals surface area contributed by atoms with Gasteiger partial charge in [0.15, 0.2) is 0 Å². The van der Waals surface area contributed by atoms with Crippen LogP contribution in [0.3, 0.4) is 0 Å². The van der Waals surface area contributed by atoms with Crippen LogP contribution in [0.2, 0.25) is 0 Å². The van der Waals surface area contributed by atoms with Crippen LogP contribution >= 0.6 is 0 Å². The van der Waals surface area contributed by atoms with Gasteiger partial charge in [0, 0.05) is 0 Å². The fourth-order valence-electron chi connectivity index (χ4n) is 4.96. The molecule has 0 spiro atoms. The van der Waals surface area contributed by atoms with Gasteiger partial charge in [-0.25, -0.2) is 17.6 Å². The van der Waals surface area contributed by atoms with E-state index in [-0.39, 0.29) is 0 Å². The maximum atomic E-state index is 13.9. The van der Waals surface area contributed by atoms with Crippen molar-refractivity contribution in [2.45, 2.75) is 57.8 Å². The first-order chi connectivity index (χ1) is 19.9. The van der Waals surface area contributed by atoms with Crippen LogP contribution in [0.25, 0.3) is 22.3 Å². The molecule has 0 aliphatic carbocycles. The minimum absolute atomic E-state index is 0.416. The Bertz CT molecular complexity index is 1400. The minimum atomic E-state index is -0.848. The van der Waals surface area contributed by atoms with E-state index in [1.807, 2.05) is 48.5 Å². The third-order valence-corrected chi connectivity index (χ3v) is 7.31. The number of nitrogens with zero attached hydrogens (tertiary/aromatic N) is 2. The van der Waals surface area contributed by atoms with E-state index in [1.165, 1.54) is 54.7 Å². The summed E-state index contributed by atoms with van der Waals surface area (Å²) in [5, 5.41) is 17.6. The quantitative estimate of drug-likeness (QED) is 0.129. The molecule has 0 atom stereocenters. The summed E-state index contributed by atoms with van der Waals surface area (Å²) < 4.78 is 55.6. The third kappa shape index (κ3) is 7.83. The van der Waals surface area contributed by atoms with Gasteiger partial charge in [0.2, 0.25) is 0 Å². The molecule has 0 aliphatic heterocycles. The molecule has 0 N–H and O–H groups in total. The summed E-state index contributed by atoms with van der Waals surface area (Å²) in [5.41, 5.74) is 3.51. The number of rotatable bonds is 12. The fraction of sp³-hybridized carbons (Fsp3) is 0.257. The van der Waals surface area contributed by atoms with Gasteiger partial charge in [0.1, 0.15) is 46.5 Å². The van der Waals surface area contributed by atoms with Gasteiger partial charge in [-0.15, -0.1) is 0 Å². The molecule has 0 bridgehead atoms. The number of hydrogen-bond acceptors (Lipinski definition) is 2. The molecule has 0 aromatic heterocycles. The Morgan fingerprint density at radius 2 is 0.707 bits per heavy atom. The molecule has 0 amide bonds. The van der Waals surface area contributed by atoms with Gasteiger partial charge >= 0.3 is 0 Å². The summed E-state index contributed by atoms with van der Waals surface area (Å²) in [4.78, 5) is 0. The molecule has 4 rings (SSSR count). The van der Waals surface area contributed by atoms with Crippen LogP contribution < -0.4 is 0 Å². The number of hydrogen-bond donors (Lipinski definition) is 0. The number of unbranched alkanes of at least 4 members (excludes halogenated alkanes) is 6. The summed E-state index contributed by atoms with van der Waals surface area (Å²) in [6, 6.07) is 23.2. The first-order valence-electron chi connectivity index (χ1n) is 13.9. The summed E-state index contributed by atoms with van der Waals surface area (Å²) in [6.07, 6.45) is 9.89. The predicted octanol–water partition coefficient (Wildman–Crippen LogP) is 9.84. The van der Waals surface area contributed by atoms with E-state index in [9.17, 15) is 17.6 Å². The minimum Gasteiger partial charge on any atom is -0.205 e. The molecular weight excluding hydrogens is 524 g/mol. The van der Waals surface area contributed by atoms with Gasteiger partial charge in [-0.1, -0.05) is 80.6 Å². The number of halogens is 4. The van der Waals surface area contributed by atoms with E-state index in [1.54, 1.807) is 12.1 Å². The molecule has 0 fully saturated rings. The second-order valence-corrected chi connectivity index (χ2v) is 10.2. The zero-order valence-corrected chi connectivity index (χ0v) is 22.7. The van der Waals surface area contributed by atoms with Crippen LogP contribution in [-0.4, -0.2) is 0 Å². The van der Waals surface area contributed by atoms with Crippen LogP contribution in [-0.2, 0) is 12.8 Å². The first-order valence-corrected chi connectivity index (χ1v) is 13.9. The van der Waals surface area contributed by atoms with Crippen LogP contribution in [0.4, 0.5) is 17.6 Å². The molecule has 6 heteroatoms. The average molecular weight is 555 g/mol. The van der Waals surface area contributed by atoms with Crippen molar-refractivity contribution in [3.63, 3.8) is 0 Å². The summed E-state index contributed by atoms with van der Waals surface area (Å²) in [5.74, 6) is -3.39. The maximum Gasteiger partial charge on any atom is 0.144 e. The third-order valence-electron chi connectivity index (χ3n) is 7.31. The largest absolute Gasteiger partial charge is 0.205 e. The lowest BCUT2D eigenvalue weighted by atomic mass is 9.99. The predicted molar refractivity (Wildman–Crippen MR) is 153 cm³/mol. The molecule has 4 aromatic rings. The molecule has 0 saturated carbocycles. The molecule has 0 heterocycles. The van der Waals surface area contributed by atoms with Gasteiger partial charge in [-0.2, -0.15) is 10.5 Å². The molecule has 41 heavy (non-hydrogen) atoms. The highest BCUT2D eigenvalue weighted by Gasteiger charge is 2.13. The van der Waals surface area contributed by atoms with Gasteiger partial charge < -0.3 is 0 Å². The SMILES string of the molecule is N#Cc1c(F)cc(-c2ccc(CCCCCCCCCc3ccc(-c4cc(F)c(C#N)c(F)c4)cc3)cc2)cc1F. The number of aryl methyl sites for hydroxylation is 2. The monoisotopic (exact) mass is 554 g/mol. The van der Waals surface area contributed by atoms with Gasteiger partial charge in [0.25, 0.3) is 0 Å². The number of benzene rings is 4. The Balaban J connectivity index is 1.11. The van der Waals surface area contributed by atoms with Crippen molar-refractivity contribution >= 4 is 0 Å². The maximum absolute atomic E-state index is 13.9. The Hall–Kier alpha value is -4.42. The molecule has 0 saturated heterocycles. The topological polar surface area (TPSA) is 47.6 Å². The van der Waals surface area contributed by atoms with Gasteiger partial charge in [-0.3, -0.25) is 0 Å². The normalized spacial score (nSPS) is 10.8. The van der Waals surface area contributed by atoms with Crippen molar-refractivity contribution in [3.8, 4) is 34.4 Å². The second kappa shape index (κ2) is 14.3. The van der Waals surface area contributed by atoms with Crippen molar-refractivity contribution in [1.82, 2.24) is 0 Å². The van der Waals surface area contributed by atoms with Crippen molar-refractivity contribution < 1.29 is 17.6 Å². The standard InChI is InChI=1S/C35H30F4N2/c36-32-18-28(19-33(37)30(32)22-40)26-14-10-24(11-15-26)8-6-4-2-1-3-5-7-9-25-12-16-27(17-13-25)29-20-34(38)31(23-41)35(39)21-29/h10-21H,1-9H2. The van der Waals surface area contributed by atoms with Crippen LogP contribution in [0.5, 0.6) is 0 Å². The van der Waals surface area contributed by atoms with E-state index < -0.39 is 34.4 Å². The summed E-state index contributed by atoms with van der Waals surface area (Å²) in [6.45, 7) is 0. The lowest BCUT2D eigenvalue weighted by Gasteiger charge is -2.07. The van der Waals surface area contributed by atoms with Crippen LogP contribution in [0, 0.1) is 45.9 Å². The first kappa shape index (κ1) is 29.6. The second-order valence-electron chi connectivity index (χ2n) is 10.2. The Kier molecular flexibility index (Phi) is 10.3. The Labute approximate surface area is 238 Å². The lowest BCUT2D eigenvalue weighted by molar-refractivity contribution is 0.577. The molecule has 4 aromatic carbocycles. The highest BCUT2D eigenvalue weighted by molar-refractivity contribution is 5.66. The molecule has 208 valence electrons. The van der Waals surface area contributed by atoms with Crippen molar-refractivity contribution in [1.29, 1.82) is 10.5 Å².